The molecule has 2 heteroatoms. The number of allylic oxidation sites excluding steroid dienone is 1. The van der Waals surface area contributed by atoms with E-state index >= 15 is 0 Å². The molecule has 1 amide bonds. The van der Waals surface area contributed by atoms with E-state index in [1.807, 2.05) is 35.2 Å². The molecular weight excluding hydrogens is 186 g/mol. The zero-order valence-corrected chi connectivity index (χ0v) is 8.94. The zero-order valence-electron chi connectivity index (χ0n) is 8.94. The Morgan fingerprint density at radius 1 is 1.33 bits per heavy atom. The molecular formula is C13H15NO. The second-order valence-corrected chi connectivity index (χ2v) is 3.74. The molecule has 0 aromatic heterocycles. The number of carbonyl (C=O) groups excluding carboxylic acids is 1. The first kappa shape index (κ1) is 9.97. The Morgan fingerprint density at radius 2 is 2.07 bits per heavy atom. The number of amides is 1. The number of rotatable bonds is 3. The number of hydrogen-bond donors (Lipinski definition) is 0. The van der Waals surface area contributed by atoms with Crippen molar-refractivity contribution in [2.45, 2.75) is 19.8 Å². The summed E-state index contributed by atoms with van der Waals surface area (Å²) in [6.45, 7) is 2.89. The molecule has 15 heavy (non-hydrogen) atoms. The summed E-state index contributed by atoms with van der Waals surface area (Å²) < 4.78 is 0. The third-order valence-corrected chi connectivity index (χ3v) is 2.60. The van der Waals surface area contributed by atoms with Crippen LogP contribution < -0.4 is 4.90 Å². The molecule has 0 radical (unpaired) electrons. The monoisotopic (exact) mass is 201 g/mol. The highest BCUT2D eigenvalue weighted by Crippen LogP contribution is 2.25. The van der Waals surface area contributed by atoms with Gasteiger partial charge in [0.2, 0.25) is 0 Å². The van der Waals surface area contributed by atoms with Crippen LogP contribution in [0, 0.1) is 0 Å². The Kier molecular flexibility index (Phi) is 2.86. The fraction of sp³-hybridized carbons (Fsp3) is 0.308. The van der Waals surface area contributed by atoms with Crippen molar-refractivity contribution >= 4 is 11.6 Å². The lowest BCUT2D eigenvalue weighted by atomic mass is 10.0. The summed E-state index contributed by atoms with van der Waals surface area (Å²) in [7, 11) is 0. The molecule has 0 N–H and O–H groups in total. The van der Waals surface area contributed by atoms with Gasteiger partial charge in [0.05, 0.1) is 6.54 Å². The summed E-state index contributed by atoms with van der Waals surface area (Å²) in [5.41, 5.74) is 1.96. The van der Waals surface area contributed by atoms with Gasteiger partial charge in [-0.1, -0.05) is 37.6 Å². The third-order valence-electron chi connectivity index (χ3n) is 2.60. The molecule has 0 atom stereocenters. The normalized spacial score (nSPS) is 18.1. The van der Waals surface area contributed by atoms with Gasteiger partial charge < -0.3 is 4.90 Å². The van der Waals surface area contributed by atoms with Crippen LogP contribution in [0.1, 0.15) is 19.8 Å². The van der Waals surface area contributed by atoms with E-state index in [1.54, 1.807) is 0 Å². The van der Waals surface area contributed by atoms with Gasteiger partial charge in [-0.25, -0.2) is 0 Å². The van der Waals surface area contributed by atoms with E-state index < -0.39 is 0 Å². The van der Waals surface area contributed by atoms with Gasteiger partial charge >= 0.3 is 0 Å². The van der Waals surface area contributed by atoms with Crippen LogP contribution in [0.4, 0.5) is 5.69 Å². The van der Waals surface area contributed by atoms with Crippen molar-refractivity contribution in [2.75, 3.05) is 11.4 Å². The van der Waals surface area contributed by atoms with Gasteiger partial charge in [0.1, 0.15) is 0 Å². The van der Waals surface area contributed by atoms with Crippen molar-refractivity contribution in [1.82, 2.24) is 0 Å². The van der Waals surface area contributed by atoms with Crippen molar-refractivity contribution in [1.29, 1.82) is 0 Å². The Labute approximate surface area is 90.2 Å². The molecule has 2 rings (SSSR count). The van der Waals surface area contributed by atoms with E-state index in [-0.39, 0.29) is 5.91 Å². The predicted octanol–water partition coefficient (Wildman–Crippen LogP) is 2.76. The Bertz CT molecular complexity index is 381. The van der Waals surface area contributed by atoms with Crippen LogP contribution in [0.5, 0.6) is 0 Å². The second-order valence-electron chi connectivity index (χ2n) is 3.74. The Balaban J connectivity index is 2.04. The zero-order chi connectivity index (χ0) is 10.7. The molecule has 1 aliphatic heterocycles. The van der Waals surface area contributed by atoms with Crippen molar-refractivity contribution in [3.63, 3.8) is 0 Å². The average molecular weight is 201 g/mol. The molecule has 0 spiro atoms. The van der Waals surface area contributed by atoms with E-state index in [1.165, 1.54) is 0 Å². The molecule has 2 nitrogen and oxygen atoms in total. The van der Waals surface area contributed by atoms with Crippen molar-refractivity contribution in [2.24, 2.45) is 0 Å². The number of unbranched alkanes of at least 4 members (excludes halogenated alkanes) is 1. The summed E-state index contributed by atoms with van der Waals surface area (Å²) in [6, 6.07) is 9.80. The fourth-order valence-corrected chi connectivity index (χ4v) is 1.68. The predicted molar refractivity (Wildman–Crippen MR) is 61.8 cm³/mol. The number of carbonyl (C=O) groups is 1. The Hall–Kier alpha value is -1.57. The topological polar surface area (TPSA) is 20.3 Å². The number of anilines is 1. The molecule has 1 aliphatic rings. The van der Waals surface area contributed by atoms with E-state index in [2.05, 4.69) is 13.0 Å². The molecule has 78 valence electrons. The molecule has 1 saturated heterocycles. The first-order chi connectivity index (χ1) is 7.33. The molecule has 1 heterocycles. The minimum Gasteiger partial charge on any atom is -0.304 e. The van der Waals surface area contributed by atoms with E-state index in [0.29, 0.717) is 0 Å². The third kappa shape index (κ3) is 1.94. The summed E-state index contributed by atoms with van der Waals surface area (Å²) in [5.74, 6) is 0.162. The van der Waals surface area contributed by atoms with Crippen LogP contribution in [0.2, 0.25) is 0 Å². The first-order valence-electron chi connectivity index (χ1n) is 5.39. The van der Waals surface area contributed by atoms with Crippen molar-refractivity contribution < 1.29 is 4.79 Å². The largest absolute Gasteiger partial charge is 0.304 e. The molecule has 0 aliphatic carbocycles. The lowest BCUT2D eigenvalue weighted by Gasteiger charge is -2.33. The second kappa shape index (κ2) is 4.30. The number of β-lactam (4-membered cyclic amide) rings is 1. The highest BCUT2D eigenvalue weighted by Gasteiger charge is 2.30. The van der Waals surface area contributed by atoms with Gasteiger partial charge in [0.15, 0.2) is 0 Å². The quantitative estimate of drug-likeness (QED) is 0.544. The number of hydrogen-bond acceptors (Lipinski definition) is 1. The van der Waals surface area contributed by atoms with Crippen LogP contribution >= 0.6 is 0 Å². The highest BCUT2D eigenvalue weighted by atomic mass is 16.2. The van der Waals surface area contributed by atoms with Crippen LogP contribution in [0.25, 0.3) is 0 Å². The fourth-order valence-electron chi connectivity index (χ4n) is 1.68. The number of para-hydroxylation sites is 1. The van der Waals surface area contributed by atoms with Crippen LogP contribution in [0.15, 0.2) is 42.0 Å². The Morgan fingerprint density at radius 3 is 2.67 bits per heavy atom. The maximum atomic E-state index is 11.7. The van der Waals surface area contributed by atoms with E-state index in [0.717, 1.165) is 30.6 Å². The van der Waals surface area contributed by atoms with Crippen molar-refractivity contribution in [3.8, 4) is 0 Å². The van der Waals surface area contributed by atoms with Crippen LogP contribution in [-0.2, 0) is 4.79 Å². The number of nitrogens with zero attached hydrogens (tertiary/aromatic N) is 1. The highest BCUT2D eigenvalue weighted by molar-refractivity contribution is 6.13. The lowest BCUT2D eigenvalue weighted by molar-refractivity contribution is -0.117. The lowest BCUT2D eigenvalue weighted by Crippen LogP contribution is -2.46. The van der Waals surface area contributed by atoms with Crippen molar-refractivity contribution in [3.05, 3.63) is 42.0 Å². The minimum atomic E-state index is 0.162. The molecule has 1 fully saturated rings. The van der Waals surface area contributed by atoms with E-state index in [9.17, 15) is 4.79 Å². The average Bonchev–Trinajstić information content (AvgIpc) is 2.29. The smallest absolute Gasteiger partial charge is 0.256 e. The standard InChI is InChI=1S/C13H15NO/c1-2-3-7-11-10-14(13(11)15)12-8-5-4-6-9-12/h4-9H,2-3,10H2,1H3/b11-7+. The summed E-state index contributed by atoms with van der Waals surface area (Å²) >= 11 is 0. The number of benzene rings is 1. The van der Waals surface area contributed by atoms with Crippen LogP contribution in [-0.4, -0.2) is 12.5 Å². The maximum absolute atomic E-state index is 11.7. The SMILES string of the molecule is CCC/C=C1\CN(c2ccccc2)C1=O. The summed E-state index contributed by atoms with van der Waals surface area (Å²) in [5, 5.41) is 0. The van der Waals surface area contributed by atoms with Gasteiger partial charge in [-0.15, -0.1) is 0 Å². The van der Waals surface area contributed by atoms with Gasteiger partial charge in [0, 0.05) is 11.3 Å². The summed E-state index contributed by atoms with van der Waals surface area (Å²) in [6.07, 6.45) is 4.16. The van der Waals surface area contributed by atoms with Gasteiger partial charge in [-0.3, -0.25) is 4.79 Å². The van der Waals surface area contributed by atoms with Gasteiger partial charge in [0.25, 0.3) is 5.91 Å². The minimum absolute atomic E-state index is 0.162. The first-order valence-corrected chi connectivity index (χ1v) is 5.39. The molecule has 0 bridgehead atoms. The maximum Gasteiger partial charge on any atom is 0.256 e. The molecule has 0 unspecified atom stereocenters. The van der Waals surface area contributed by atoms with Gasteiger partial charge in [-0.2, -0.15) is 0 Å². The molecule has 1 aromatic rings. The van der Waals surface area contributed by atoms with E-state index in [4.69, 9.17) is 0 Å². The molecule has 1 aromatic carbocycles. The van der Waals surface area contributed by atoms with Gasteiger partial charge in [-0.05, 0) is 18.6 Å². The summed E-state index contributed by atoms with van der Waals surface area (Å²) in [4.78, 5) is 13.5. The van der Waals surface area contributed by atoms with Crippen LogP contribution in [0.3, 0.4) is 0 Å². The molecule has 0 saturated carbocycles.